The molecule has 2 amide bonds. The third kappa shape index (κ3) is 3.64. The van der Waals surface area contributed by atoms with Gasteiger partial charge in [0.2, 0.25) is 0 Å². The SMILES string of the molecule is CC(C)Cn1cc(NC(=O)N2CCC3(CC2)OCCO3)c2ccccc2c1=O. The maximum atomic E-state index is 12.9. The second-order valence-electron chi connectivity index (χ2n) is 7.96. The molecule has 0 atom stereocenters. The van der Waals surface area contributed by atoms with Gasteiger partial charge in [-0.25, -0.2) is 4.79 Å². The Labute approximate surface area is 164 Å². The Morgan fingerprint density at radius 3 is 2.43 bits per heavy atom. The number of pyridine rings is 1. The van der Waals surface area contributed by atoms with Crippen LogP contribution in [-0.2, 0) is 16.0 Å². The van der Waals surface area contributed by atoms with Crippen LogP contribution in [-0.4, -0.2) is 47.6 Å². The van der Waals surface area contributed by atoms with Crippen molar-refractivity contribution in [1.29, 1.82) is 0 Å². The van der Waals surface area contributed by atoms with Gasteiger partial charge in [-0.3, -0.25) is 4.79 Å². The summed E-state index contributed by atoms with van der Waals surface area (Å²) in [5.41, 5.74) is 0.632. The molecule has 150 valence electrons. The highest BCUT2D eigenvalue weighted by Gasteiger charge is 2.40. The predicted octanol–water partition coefficient (Wildman–Crippen LogP) is 3.03. The average Bonchev–Trinajstić information content (AvgIpc) is 3.13. The summed E-state index contributed by atoms with van der Waals surface area (Å²) < 4.78 is 13.2. The van der Waals surface area contributed by atoms with Crippen LogP contribution in [0.5, 0.6) is 0 Å². The Morgan fingerprint density at radius 2 is 1.79 bits per heavy atom. The molecule has 0 unspecified atom stereocenters. The van der Waals surface area contributed by atoms with E-state index in [0.29, 0.717) is 62.7 Å². The maximum absolute atomic E-state index is 12.9. The molecular formula is C21H27N3O4. The molecule has 0 aliphatic carbocycles. The minimum absolute atomic E-state index is 0.0299. The van der Waals surface area contributed by atoms with E-state index in [1.165, 1.54) is 0 Å². The van der Waals surface area contributed by atoms with Gasteiger partial charge >= 0.3 is 6.03 Å². The van der Waals surface area contributed by atoms with Crippen molar-refractivity contribution in [2.75, 3.05) is 31.6 Å². The summed E-state index contributed by atoms with van der Waals surface area (Å²) in [6.45, 7) is 7.14. The van der Waals surface area contributed by atoms with Crippen LogP contribution in [0.4, 0.5) is 10.5 Å². The normalized spacial score (nSPS) is 18.9. The second kappa shape index (κ2) is 7.56. The molecule has 0 bridgehead atoms. The zero-order chi connectivity index (χ0) is 19.7. The molecule has 0 saturated carbocycles. The van der Waals surface area contributed by atoms with E-state index in [2.05, 4.69) is 19.2 Å². The van der Waals surface area contributed by atoms with Gasteiger partial charge in [0, 0.05) is 49.4 Å². The number of hydrogen-bond acceptors (Lipinski definition) is 4. The Hall–Kier alpha value is -2.38. The summed E-state index contributed by atoms with van der Waals surface area (Å²) in [5, 5.41) is 4.40. The Balaban J connectivity index is 1.56. The number of piperidine rings is 1. The summed E-state index contributed by atoms with van der Waals surface area (Å²) in [7, 11) is 0. The van der Waals surface area contributed by atoms with Crippen molar-refractivity contribution in [2.24, 2.45) is 5.92 Å². The molecule has 2 aliphatic rings. The lowest BCUT2D eigenvalue weighted by molar-refractivity contribution is -0.181. The lowest BCUT2D eigenvalue weighted by Crippen LogP contribution is -2.48. The van der Waals surface area contributed by atoms with E-state index in [9.17, 15) is 9.59 Å². The minimum atomic E-state index is -0.506. The topological polar surface area (TPSA) is 72.8 Å². The summed E-state index contributed by atoms with van der Waals surface area (Å²) in [5.74, 6) is -0.180. The van der Waals surface area contributed by atoms with E-state index in [1.807, 2.05) is 24.3 Å². The largest absolute Gasteiger partial charge is 0.347 e. The quantitative estimate of drug-likeness (QED) is 0.881. The first-order chi connectivity index (χ1) is 13.5. The van der Waals surface area contributed by atoms with Crippen molar-refractivity contribution < 1.29 is 14.3 Å². The second-order valence-corrected chi connectivity index (χ2v) is 7.96. The minimum Gasteiger partial charge on any atom is -0.347 e. The van der Waals surface area contributed by atoms with Crippen molar-refractivity contribution >= 4 is 22.5 Å². The van der Waals surface area contributed by atoms with E-state index in [0.717, 1.165) is 5.39 Å². The summed E-state index contributed by atoms with van der Waals surface area (Å²) in [4.78, 5) is 27.4. The molecular weight excluding hydrogens is 358 g/mol. The number of benzene rings is 1. The molecule has 2 aromatic rings. The van der Waals surface area contributed by atoms with Crippen LogP contribution in [0.3, 0.4) is 0 Å². The smallest absolute Gasteiger partial charge is 0.321 e. The highest BCUT2D eigenvalue weighted by atomic mass is 16.7. The Morgan fingerprint density at radius 1 is 1.14 bits per heavy atom. The van der Waals surface area contributed by atoms with Crippen molar-refractivity contribution in [3.63, 3.8) is 0 Å². The third-order valence-corrected chi connectivity index (χ3v) is 5.42. The van der Waals surface area contributed by atoms with E-state index in [4.69, 9.17) is 9.47 Å². The molecule has 2 aliphatic heterocycles. The fraction of sp³-hybridized carbons (Fsp3) is 0.524. The number of aromatic nitrogens is 1. The van der Waals surface area contributed by atoms with Gasteiger partial charge in [-0.1, -0.05) is 32.0 Å². The van der Waals surface area contributed by atoms with Crippen LogP contribution < -0.4 is 10.9 Å². The predicted molar refractivity (Wildman–Crippen MR) is 108 cm³/mol. The molecule has 1 spiro atoms. The molecule has 7 nitrogen and oxygen atoms in total. The fourth-order valence-corrected chi connectivity index (χ4v) is 4.00. The van der Waals surface area contributed by atoms with Crippen LogP contribution >= 0.6 is 0 Å². The first kappa shape index (κ1) is 19.0. The molecule has 1 aromatic heterocycles. The molecule has 3 heterocycles. The number of urea groups is 1. The van der Waals surface area contributed by atoms with E-state index < -0.39 is 5.79 Å². The highest BCUT2D eigenvalue weighted by molar-refractivity contribution is 6.01. The number of nitrogens with zero attached hydrogens (tertiary/aromatic N) is 2. The van der Waals surface area contributed by atoms with Crippen molar-refractivity contribution in [1.82, 2.24) is 9.47 Å². The molecule has 1 aromatic carbocycles. The monoisotopic (exact) mass is 385 g/mol. The van der Waals surface area contributed by atoms with Crippen molar-refractivity contribution in [3.8, 4) is 0 Å². The van der Waals surface area contributed by atoms with Gasteiger partial charge in [-0.05, 0) is 12.0 Å². The molecule has 0 radical (unpaired) electrons. The number of carbonyl (C=O) groups is 1. The van der Waals surface area contributed by atoms with Crippen LogP contribution in [0.25, 0.3) is 10.8 Å². The number of ether oxygens (including phenoxy) is 2. The first-order valence-corrected chi connectivity index (χ1v) is 9.93. The van der Waals surface area contributed by atoms with Gasteiger partial charge in [0.05, 0.1) is 18.9 Å². The Kier molecular flexibility index (Phi) is 5.12. The van der Waals surface area contributed by atoms with E-state index in [1.54, 1.807) is 15.7 Å². The van der Waals surface area contributed by atoms with Gasteiger partial charge in [-0.2, -0.15) is 0 Å². The molecule has 1 N–H and O–H groups in total. The van der Waals surface area contributed by atoms with Crippen LogP contribution in [0.15, 0.2) is 35.3 Å². The number of fused-ring (bicyclic) bond motifs is 1. The average molecular weight is 385 g/mol. The van der Waals surface area contributed by atoms with Gasteiger partial charge in [0.25, 0.3) is 5.56 Å². The lowest BCUT2D eigenvalue weighted by Gasteiger charge is -2.37. The molecule has 2 saturated heterocycles. The van der Waals surface area contributed by atoms with Crippen LogP contribution in [0, 0.1) is 5.92 Å². The number of likely N-dealkylation sites (tertiary alicyclic amines) is 1. The van der Waals surface area contributed by atoms with Crippen molar-refractivity contribution in [2.45, 2.75) is 39.0 Å². The fourth-order valence-electron chi connectivity index (χ4n) is 4.00. The number of hydrogen-bond donors (Lipinski definition) is 1. The van der Waals surface area contributed by atoms with Gasteiger partial charge < -0.3 is 24.3 Å². The summed E-state index contributed by atoms with van der Waals surface area (Å²) >= 11 is 0. The summed E-state index contributed by atoms with van der Waals surface area (Å²) in [6.07, 6.45) is 3.11. The molecule has 28 heavy (non-hydrogen) atoms. The molecule has 2 fully saturated rings. The van der Waals surface area contributed by atoms with Gasteiger partial charge in [0.15, 0.2) is 5.79 Å². The number of nitrogens with one attached hydrogen (secondary N) is 1. The number of carbonyl (C=O) groups excluding carboxylic acids is 1. The number of rotatable bonds is 3. The standard InChI is InChI=1S/C21H27N3O4/c1-15(2)13-24-14-18(16-5-3-4-6-17(16)19(24)25)22-20(26)23-9-7-21(8-10-23)27-11-12-28-21/h3-6,14-15H,7-13H2,1-2H3,(H,22,26). The van der Waals surface area contributed by atoms with E-state index >= 15 is 0 Å². The Bertz CT molecular complexity index is 921. The maximum Gasteiger partial charge on any atom is 0.321 e. The lowest BCUT2D eigenvalue weighted by atomic mass is 10.0. The van der Waals surface area contributed by atoms with E-state index in [-0.39, 0.29) is 11.6 Å². The van der Waals surface area contributed by atoms with Crippen LogP contribution in [0.1, 0.15) is 26.7 Å². The van der Waals surface area contributed by atoms with Crippen molar-refractivity contribution in [3.05, 3.63) is 40.8 Å². The first-order valence-electron chi connectivity index (χ1n) is 9.93. The van der Waals surface area contributed by atoms with Crippen LogP contribution in [0.2, 0.25) is 0 Å². The zero-order valence-electron chi connectivity index (χ0n) is 16.4. The molecule has 7 heteroatoms. The number of anilines is 1. The molecule has 4 rings (SSSR count). The third-order valence-electron chi connectivity index (χ3n) is 5.42. The number of amides is 2. The highest BCUT2D eigenvalue weighted by Crippen LogP contribution is 2.31. The van der Waals surface area contributed by atoms with Gasteiger partial charge in [0.1, 0.15) is 0 Å². The van der Waals surface area contributed by atoms with Gasteiger partial charge in [-0.15, -0.1) is 0 Å². The summed E-state index contributed by atoms with van der Waals surface area (Å²) in [6, 6.07) is 7.25. The zero-order valence-corrected chi connectivity index (χ0v) is 16.4.